The third-order valence-electron chi connectivity index (χ3n) is 3.74. The number of para-hydroxylation sites is 1. The van der Waals surface area contributed by atoms with Crippen molar-refractivity contribution in [1.82, 2.24) is 0 Å². The first-order valence-electron chi connectivity index (χ1n) is 5.80. The number of aliphatic hydroxyl groups excluding tert-OH is 1. The summed E-state index contributed by atoms with van der Waals surface area (Å²) in [5, 5.41) is 9.95. The van der Waals surface area contributed by atoms with Crippen LogP contribution in [0.3, 0.4) is 0 Å². The van der Waals surface area contributed by atoms with Crippen LogP contribution in [0, 0.1) is 5.92 Å². The Labute approximate surface area is 89.9 Å². The molecule has 1 heterocycles. The van der Waals surface area contributed by atoms with E-state index in [1.54, 1.807) is 0 Å². The average molecular weight is 204 g/mol. The van der Waals surface area contributed by atoms with Gasteiger partial charge in [-0.3, -0.25) is 0 Å². The largest absolute Gasteiger partial charge is 0.464 e. The number of hydrogen-bond donors (Lipinski definition) is 1. The maximum absolute atomic E-state index is 9.95. The van der Waals surface area contributed by atoms with E-state index in [1.807, 2.05) is 18.2 Å². The minimum atomic E-state index is -0.620. The van der Waals surface area contributed by atoms with Gasteiger partial charge in [-0.2, -0.15) is 0 Å². The highest BCUT2D eigenvalue weighted by Crippen LogP contribution is 2.46. The lowest BCUT2D eigenvalue weighted by molar-refractivity contribution is -0.0309. The molecule has 2 heteroatoms. The van der Waals surface area contributed by atoms with E-state index in [4.69, 9.17) is 4.74 Å². The summed E-state index contributed by atoms with van der Waals surface area (Å²) < 4.78 is 5.49. The second-order valence-electron chi connectivity index (χ2n) is 4.62. The second kappa shape index (κ2) is 3.53. The zero-order valence-corrected chi connectivity index (χ0v) is 8.73. The van der Waals surface area contributed by atoms with Crippen LogP contribution in [-0.4, -0.2) is 11.4 Å². The molecule has 1 aliphatic carbocycles. The summed E-state index contributed by atoms with van der Waals surface area (Å²) in [6, 6.07) is 8.03. The molecule has 15 heavy (non-hydrogen) atoms. The Balaban J connectivity index is 1.94. The molecule has 2 nitrogen and oxygen atoms in total. The van der Waals surface area contributed by atoms with Crippen LogP contribution in [0.15, 0.2) is 24.3 Å². The fourth-order valence-corrected chi connectivity index (χ4v) is 3.02. The standard InChI is InChI=1S/C13H16O2/c14-13-12(9-5-1-2-6-9)10-7-3-4-8-11(10)15-13/h3-4,7-9,12-14H,1-2,5-6H2. The molecule has 0 aromatic heterocycles. The third kappa shape index (κ3) is 1.44. The number of rotatable bonds is 1. The molecule has 0 bridgehead atoms. The molecule has 0 spiro atoms. The first kappa shape index (κ1) is 9.22. The van der Waals surface area contributed by atoms with Gasteiger partial charge in [0.15, 0.2) is 0 Å². The Hall–Kier alpha value is -1.02. The maximum atomic E-state index is 9.95. The van der Waals surface area contributed by atoms with Crippen LogP contribution in [0.4, 0.5) is 0 Å². The van der Waals surface area contributed by atoms with Crippen molar-refractivity contribution in [3.05, 3.63) is 29.8 Å². The van der Waals surface area contributed by atoms with Gasteiger partial charge in [-0.15, -0.1) is 0 Å². The van der Waals surface area contributed by atoms with Crippen LogP contribution < -0.4 is 4.74 Å². The Morgan fingerprint density at radius 1 is 1.13 bits per heavy atom. The van der Waals surface area contributed by atoms with Crippen molar-refractivity contribution in [2.45, 2.75) is 37.9 Å². The summed E-state index contributed by atoms with van der Waals surface area (Å²) in [4.78, 5) is 0. The van der Waals surface area contributed by atoms with Crippen LogP contribution in [-0.2, 0) is 0 Å². The smallest absolute Gasteiger partial charge is 0.204 e. The predicted molar refractivity (Wildman–Crippen MR) is 57.8 cm³/mol. The lowest BCUT2D eigenvalue weighted by Crippen LogP contribution is -2.23. The van der Waals surface area contributed by atoms with Crippen molar-refractivity contribution >= 4 is 0 Å². The van der Waals surface area contributed by atoms with Gasteiger partial charge in [-0.1, -0.05) is 31.0 Å². The summed E-state index contributed by atoms with van der Waals surface area (Å²) >= 11 is 0. The summed E-state index contributed by atoms with van der Waals surface area (Å²) in [7, 11) is 0. The van der Waals surface area contributed by atoms with Gasteiger partial charge in [0.25, 0.3) is 0 Å². The van der Waals surface area contributed by atoms with Gasteiger partial charge >= 0.3 is 0 Å². The molecule has 1 aromatic rings. The Morgan fingerprint density at radius 3 is 2.67 bits per heavy atom. The number of hydrogen-bond acceptors (Lipinski definition) is 2. The molecule has 0 saturated heterocycles. The highest BCUT2D eigenvalue weighted by atomic mass is 16.6. The summed E-state index contributed by atoms with van der Waals surface area (Å²) in [5.41, 5.74) is 1.21. The van der Waals surface area contributed by atoms with Gasteiger partial charge in [0, 0.05) is 5.56 Å². The fourth-order valence-electron chi connectivity index (χ4n) is 3.02. The number of fused-ring (bicyclic) bond motifs is 1. The summed E-state index contributed by atoms with van der Waals surface area (Å²) in [6.07, 6.45) is 4.45. The Kier molecular flexibility index (Phi) is 2.17. The highest BCUT2D eigenvalue weighted by Gasteiger charge is 2.39. The molecule has 3 rings (SSSR count). The van der Waals surface area contributed by atoms with Crippen molar-refractivity contribution in [2.75, 3.05) is 0 Å². The van der Waals surface area contributed by atoms with Crippen LogP contribution in [0.5, 0.6) is 5.75 Å². The van der Waals surface area contributed by atoms with Crippen molar-refractivity contribution in [2.24, 2.45) is 5.92 Å². The molecule has 80 valence electrons. The molecule has 2 atom stereocenters. The van der Waals surface area contributed by atoms with Crippen molar-refractivity contribution in [3.8, 4) is 5.75 Å². The minimum absolute atomic E-state index is 0.212. The van der Waals surface area contributed by atoms with Gasteiger partial charge in [-0.05, 0) is 24.8 Å². The van der Waals surface area contributed by atoms with Crippen molar-refractivity contribution in [3.63, 3.8) is 0 Å². The molecular formula is C13H16O2. The van der Waals surface area contributed by atoms with Gasteiger partial charge < -0.3 is 9.84 Å². The molecule has 1 saturated carbocycles. The van der Waals surface area contributed by atoms with Crippen LogP contribution >= 0.6 is 0 Å². The summed E-state index contributed by atoms with van der Waals surface area (Å²) in [5.74, 6) is 1.70. The maximum Gasteiger partial charge on any atom is 0.204 e. The van der Waals surface area contributed by atoms with E-state index in [0.29, 0.717) is 5.92 Å². The molecule has 2 unspecified atom stereocenters. The summed E-state index contributed by atoms with van der Waals surface area (Å²) in [6.45, 7) is 0. The molecule has 2 aliphatic rings. The van der Waals surface area contributed by atoms with Crippen molar-refractivity contribution < 1.29 is 9.84 Å². The van der Waals surface area contributed by atoms with Gasteiger partial charge in [-0.25, -0.2) is 0 Å². The second-order valence-corrected chi connectivity index (χ2v) is 4.62. The first-order chi connectivity index (χ1) is 7.36. The first-order valence-corrected chi connectivity index (χ1v) is 5.80. The van der Waals surface area contributed by atoms with Gasteiger partial charge in [0.1, 0.15) is 5.75 Å². The van der Waals surface area contributed by atoms with Crippen LogP contribution in [0.1, 0.15) is 37.2 Å². The zero-order chi connectivity index (χ0) is 10.3. The van der Waals surface area contributed by atoms with Crippen LogP contribution in [0.25, 0.3) is 0 Å². The fraction of sp³-hybridized carbons (Fsp3) is 0.538. The minimum Gasteiger partial charge on any atom is -0.464 e. The van der Waals surface area contributed by atoms with E-state index in [1.165, 1.54) is 31.2 Å². The molecule has 1 fully saturated rings. The molecule has 1 aliphatic heterocycles. The van der Waals surface area contributed by atoms with E-state index in [2.05, 4.69) is 6.07 Å². The van der Waals surface area contributed by atoms with Gasteiger partial charge in [0.05, 0.1) is 5.92 Å². The third-order valence-corrected chi connectivity index (χ3v) is 3.74. The Morgan fingerprint density at radius 2 is 1.87 bits per heavy atom. The predicted octanol–water partition coefficient (Wildman–Crippen LogP) is 2.67. The zero-order valence-electron chi connectivity index (χ0n) is 8.73. The lowest BCUT2D eigenvalue weighted by Gasteiger charge is -2.20. The molecule has 0 radical (unpaired) electrons. The monoisotopic (exact) mass is 204 g/mol. The van der Waals surface area contributed by atoms with Crippen molar-refractivity contribution in [1.29, 1.82) is 0 Å². The topological polar surface area (TPSA) is 29.5 Å². The molecule has 1 aromatic carbocycles. The van der Waals surface area contributed by atoms with E-state index < -0.39 is 6.29 Å². The van der Waals surface area contributed by atoms with E-state index in [-0.39, 0.29) is 5.92 Å². The number of aliphatic hydroxyl groups is 1. The highest BCUT2D eigenvalue weighted by molar-refractivity contribution is 5.40. The van der Waals surface area contributed by atoms with E-state index >= 15 is 0 Å². The van der Waals surface area contributed by atoms with Gasteiger partial charge in [0.2, 0.25) is 6.29 Å². The lowest BCUT2D eigenvalue weighted by atomic mass is 9.85. The number of benzene rings is 1. The Bertz CT molecular complexity index is 355. The number of ether oxygens (including phenoxy) is 1. The SMILES string of the molecule is OC1Oc2ccccc2C1C1CCCC1. The molecular weight excluding hydrogens is 188 g/mol. The molecule has 0 amide bonds. The molecule has 1 N–H and O–H groups in total. The quantitative estimate of drug-likeness (QED) is 0.762. The van der Waals surface area contributed by atoms with Crippen LogP contribution in [0.2, 0.25) is 0 Å². The normalized spacial score (nSPS) is 30.2. The van der Waals surface area contributed by atoms with E-state index in [9.17, 15) is 5.11 Å². The van der Waals surface area contributed by atoms with E-state index in [0.717, 1.165) is 5.75 Å². The average Bonchev–Trinajstić information content (AvgIpc) is 2.82.